The molecule has 0 spiro atoms. The smallest absolute Gasteiger partial charge is 0.260 e. The fourth-order valence-corrected chi connectivity index (χ4v) is 4.29. The number of anilines is 2. The summed E-state index contributed by atoms with van der Waals surface area (Å²) in [5.41, 5.74) is 3.24. The second-order valence-electron chi connectivity index (χ2n) is 8.79. The van der Waals surface area contributed by atoms with Gasteiger partial charge in [0.05, 0.1) is 17.8 Å². The standard InChI is InChI=1S/C24H32N8O/c1-7-30(15(2)3)22-11-17-18(20(28-22)12-25-6)13-31(24(17)33)21-10-8-9-19(27-21)23-29-26-14-32(23)16(4)5/h8-11,14-16,25H,7,12-13H2,1-6H3. The number of rotatable bonds is 8. The zero-order valence-electron chi connectivity index (χ0n) is 20.2. The lowest BCUT2D eigenvalue weighted by Crippen LogP contribution is -2.32. The number of carbonyl (C=O) groups is 1. The van der Waals surface area contributed by atoms with E-state index in [9.17, 15) is 4.79 Å². The van der Waals surface area contributed by atoms with Gasteiger partial charge in [-0.3, -0.25) is 9.69 Å². The molecule has 0 saturated carbocycles. The molecule has 1 aliphatic heterocycles. The fraction of sp³-hybridized carbons (Fsp3) is 0.458. The minimum atomic E-state index is -0.0548. The zero-order chi connectivity index (χ0) is 23.7. The van der Waals surface area contributed by atoms with Crippen molar-refractivity contribution in [3.63, 3.8) is 0 Å². The second-order valence-corrected chi connectivity index (χ2v) is 8.79. The van der Waals surface area contributed by atoms with E-state index in [2.05, 4.69) is 55.0 Å². The van der Waals surface area contributed by atoms with Crippen molar-refractivity contribution in [1.82, 2.24) is 30.0 Å². The van der Waals surface area contributed by atoms with Crippen molar-refractivity contribution >= 4 is 17.5 Å². The monoisotopic (exact) mass is 448 g/mol. The van der Waals surface area contributed by atoms with Gasteiger partial charge in [-0.25, -0.2) is 9.97 Å². The Hall–Kier alpha value is -3.33. The first-order valence-corrected chi connectivity index (χ1v) is 11.5. The molecule has 0 atom stereocenters. The van der Waals surface area contributed by atoms with E-state index < -0.39 is 0 Å². The first-order chi connectivity index (χ1) is 15.8. The number of aromatic nitrogens is 5. The topological polar surface area (TPSA) is 92.1 Å². The van der Waals surface area contributed by atoms with E-state index in [0.717, 1.165) is 23.6 Å². The first-order valence-electron chi connectivity index (χ1n) is 11.5. The molecule has 0 unspecified atom stereocenters. The van der Waals surface area contributed by atoms with E-state index in [1.807, 2.05) is 35.9 Å². The molecular weight excluding hydrogens is 416 g/mol. The number of hydrogen-bond donors (Lipinski definition) is 1. The summed E-state index contributed by atoms with van der Waals surface area (Å²) in [6, 6.07) is 8.08. The average molecular weight is 449 g/mol. The van der Waals surface area contributed by atoms with Crippen LogP contribution in [0, 0.1) is 0 Å². The molecule has 3 aromatic heterocycles. The lowest BCUT2D eigenvalue weighted by molar-refractivity contribution is 0.0996. The largest absolute Gasteiger partial charge is 0.354 e. The van der Waals surface area contributed by atoms with Gasteiger partial charge in [0.1, 0.15) is 23.7 Å². The van der Waals surface area contributed by atoms with Crippen LogP contribution in [0.1, 0.15) is 62.3 Å². The van der Waals surface area contributed by atoms with Gasteiger partial charge < -0.3 is 14.8 Å². The van der Waals surface area contributed by atoms with Gasteiger partial charge in [0.25, 0.3) is 5.91 Å². The maximum atomic E-state index is 13.5. The normalized spacial score (nSPS) is 13.3. The summed E-state index contributed by atoms with van der Waals surface area (Å²) in [5.74, 6) is 2.06. The Morgan fingerprint density at radius 3 is 2.64 bits per heavy atom. The van der Waals surface area contributed by atoms with E-state index in [0.29, 0.717) is 36.0 Å². The number of fused-ring (bicyclic) bond motifs is 1. The van der Waals surface area contributed by atoms with Gasteiger partial charge in [-0.1, -0.05) is 6.07 Å². The van der Waals surface area contributed by atoms with Crippen LogP contribution in [0.25, 0.3) is 11.5 Å². The van der Waals surface area contributed by atoms with Crippen molar-refractivity contribution in [2.75, 3.05) is 23.4 Å². The van der Waals surface area contributed by atoms with Gasteiger partial charge in [0, 0.05) is 30.7 Å². The highest BCUT2D eigenvalue weighted by atomic mass is 16.2. The number of nitrogens with zero attached hydrogens (tertiary/aromatic N) is 7. The van der Waals surface area contributed by atoms with Crippen molar-refractivity contribution < 1.29 is 4.79 Å². The molecular formula is C24H32N8O. The third kappa shape index (κ3) is 4.20. The van der Waals surface area contributed by atoms with Crippen LogP contribution in [0.5, 0.6) is 0 Å². The van der Waals surface area contributed by atoms with Gasteiger partial charge in [-0.2, -0.15) is 0 Å². The van der Waals surface area contributed by atoms with Gasteiger partial charge in [-0.15, -0.1) is 10.2 Å². The summed E-state index contributed by atoms with van der Waals surface area (Å²) in [6.45, 7) is 12.4. The van der Waals surface area contributed by atoms with E-state index in [1.54, 1.807) is 11.2 Å². The van der Waals surface area contributed by atoms with E-state index in [4.69, 9.17) is 9.97 Å². The van der Waals surface area contributed by atoms with Crippen LogP contribution in [0.2, 0.25) is 0 Å². The van der Waals surface area contributed by atoms with Crippen molar-refractivity contribution in [2.24, 2.45) is 0 Å². The Labute approximate surface area is 194 Å². The Morgan fingerprint density at radius 2 is 1.97 bits per heavy atom. The van der Waals surface area contributed by atoms with E-state index in [-0.39, 0.29) is 18.0 Å². The van der Waals surface area contributed by atoms with Gasteiger partial charge >= 0.3 is 0 Å². The molecule has 1 amide bonds. The number of nitrogens with one attached hydrogen (secondary N) is 1. The molecule has 9 nitrogen and oxygen atoms in total. The van der Waals surface area contributed by atoms with Crippen LogP contribution < -0.4 is 15.1 Å². The Morgan fingerprint density at radius 1 is 1.18 bits per heavy atom. The van der Waals surface area contributed by atoms with Crippen LogP contribution in [0.15, 0.2) is 30.6 Å². The molecule has 0 saturated heterocycles. The Bertz CT molecular complexity index is 1150. The lowest BCUT2D eigenvalue weighted by Gasteiger charge is -2.27. The molecule has 0 fully saturated rings. The summed E-state index contributed by atoms with van der Waals surface area (Å²) in [6.07, 6.45) is 1.71. The molecule has 0 aliphatic carbocycles. The predicted octanol–water partition coefficient (Wildman–Crippen LogP) is 3.43. The van der Waals surface area contributed by atoms with E-state index in [1.165, 1.54) is 0 Å². The minimum Gasteiger partial charge on any atom is -0.354 e. The molecule has 1 aliphatic rings. The third-order valence-electron chi connectivity index (χ3n) is 5.96. The van der Waals surface area contributed by atoms with Crippen molar-refractivity contribution in [3.8, 4) is 11.5 Å². The number of carbonyl (C=O) groups excluding carboxylic acids is 1. The highest BCUT2D eigenvalue weighted by molar-refractivity contribution is 6.10. The Balaban J connectivity index is 1.73. The maximum Gasteiger partial charge on any atom is 0.260 e. The molecule has 0 aromatic carbocycles. The van der Waals surface area contributed by atoms with Gasteiger partial charge in [0.2, 0.25) is 0 Å². The van der Waals surface area contributed by atoms with E-state index >= 15 is 0 Å². The SMILES string of the molecule is CCN(c1cc2c(c(CNC)n1)CN(c1cccc(-c3nncn3C(C)C)n1)C2=O)C(C)C. The minimum absolute atomic E-state index is 0.0548. The molecule has 0 radical (unpaired) electrons. The summed E-state index contributed by atoms with van der Waals surface area (Å²) in [4.78, 5) is 27.2. The molecule has 4 heterocycles. The molecule has 9 heteroatoms. The van der Waals surface area contributed by atoms with Crippen molar-refractivity contribution in [3.05, 3.63) is 47.4 Å². The van der Waals surface area contributed by atoms with Crippen molar-refractivity contribution in [2.45, 2.75) is 59.8 Å². The summed E-state index contributed by atoms with van der Waals surface area (Å²) >= 11 is 0. The summed E-state index contributed by atoms with van der Waals surface area (Å²) < 4.78 is 1.97. The van der Waals surface area contributed by atoms with Crippen LogP contribution in [-0.2, 0) is 13.1 Å². The van der Waals surface area contributed by atoms with Crippen LogP contribution in [0.4, 0.5) is 11.6 Å². The first kappa shape index (κ1) is 22.8. The quantitative estimate of drug-likeness (QED) is 0.564. The zero-order valence-corrected chi connectivity index (χ0v) is 20.2. The molecule has 4 rings (SSSR count). The lowest BCUT2D eigenvalue weighted by atomic mass is 10.1. The predicted molar refractivity (Wildman–Crippen MR) is 129 cm³/mol. The maximum absolute atomic E-state index is 13.5. The van der Waals surface area contributed by atoms with Crippen LogP contribution >= 0.6 is 0 Å². The number of pyridine rings is 2. The third-order valence-corrected chi connectivity index (χ3v) is 5.96. The summed E-state index contributed by atoms with van der Waals surface area (Å²) in [5, 5.41) is 11.5. The average Bonchev–Trinajstić information content (AvgIpc) is 3.40. The second kappa shape index (κ2) is 9.27. The van der Waals surface area contributed by atoms with Gasteiger partial charge in [0.15, 0.2) is 5.82 Å². The number of amides is 1. The molecule has 0 bridgehead atoms. The molecule has 174 valence electrons. The molecule has 1 N–H and O–H groups in total. The highest BCUT2D eigenvalue weighted by Gasteiger charge is 2.33. The highest BCUT2D eigenvalue weighted by Crippen LogP contribution is 2.33. The summed E-state index contributed by atoms with van der Waals surface area (Å²) in [7, 11) is 1.89. The Kier molecular flexibility index (Phi) is 6.42. The molecule has 3 aromatic rings. The number of hydrogen-bond acceptors (Lipinski definition) is 7. The molecule has 33 heavy (non-hydrogen) atoms. The fourth-order valence-electron chi connectivity index (χ4n) is 4.29. The van der Waals surface area contributed by atoms with Crippen molar-refractivity contribution in [1.29, 1.82) is 0 Å². The van der Waals surface area contributed by atoms with Gasteiger partial charge in [-0.05, 0) is 59.9 Å². The van der Waals surface area contributed by atoms with Crippen LogP contribution in [0.3, 0.4) is 0 Å². The van der Waals surface area contributed by atoms with Crippen LogP contribution in [-0.4, -0.2) is 50.3 Å².